The molecule has 0 aliphatic carbocycles. The third-order valence-corrected chi connectivity index (χ3v) is 4.24. The predicted molar refractivity (Wildman–Crippen MR) is 94.4 cm³/mol. The number of hydrogen-bond donors (Lipinski definition) is 0. The second-order valence-electron chi connectivity index (χ2n) is 5.88. The summed E-state index contributed by atoms with van der Waals surface area (Å²) in [6.07, 6.45) is 3.63. The summed E-state index contributed by atoms with van der Waals surface area (Å²) in [5.41, 5.74) is 1.58. The van der Waals surface area contributed by atoms with E-state index >= 15 is 0 Å². The molecule has 3 rings (SSSR count). The second-order valence-corrected chi connectivity index (χ2v) is 5.88. The minimum Gasteiger partial charge on any atom is -0.371 e. The Labute approximate surface area is 144 Å². The molecule has 1 aliphatic heterocycles. The Morgan fingerprint density at radius 2 is 2.00 bits per heavy atom. The molecule has 0 saturated carbocycles. The molecule has 5 nitrogen and oxygen atoms in total. The van der Waals surface area contributed by atoms with E-state index in [2.05, 4.69) is 4.90 Å². The zero-order valence-corrected chi connectivity index (χ0v) is 13.5. The molecule has 0 atom stereocenters. The molecule has 0 bridgehead atoms. The zero-order valence-electron chi connectivity index (χ0n) is 13.5. The van der Waals surface area contributed by atoms with E-state index in [1.54, 1.807) is 12.1 Å². The fourth-order valence-electron chi connectivity index (χ4n) is 2.93. The van der Waals surface area contributed by atoms with Crippen molar-refractivity contribution >= 4 is 23.0 Å². The molecule has 2 aromatic carbocycles. The number of halogens is 1. The summed E-state index contributed by atoms with van der Waals surface area (Å²) in [7, 11) is 0. The largest absolute Gasteiger partial charge is 0.371 e. The Kier molecular flexibility index (Phi) is 4.75. The lowest BCUT2D eigenvalue weighted by Gasteiger charge is -2.17. The minimum atomic E-state index is -0.524. The number of rotatable bonds is 4. The highest BCUT2D eigenvalue weighted by molar-refractivity contribution is 5.90. The third-order valence-electron chi connectivity index (χ3n) is 4.24. The fourth-order valence-corrected chi connectivity index (χ4v) is 2.93. The Bertz CT molecular complexity index is 880. The lowest BCUT2D eigenvalue weighted by Crippen LogP contribution is -2.17. The quantitative estimate of drug-likeness (QED) is 0.359. The number of non-ortho nitro benzene ring substituents is 1. The van der Waals surface area contributed by atoms with Crippen molar-refractivity contribution < 1.29 is 9.31 Å². The molecule has 2 aromatic rings. The predicted octanol–water partition coefficient (Wildman–Crippen LogP) is 4.40. The first kappa shape index (κ1) is 16.7. The lowest BCUT2D eigenvalue weighted by molar-refractivity contribution is -0.384. The Morgan fingerprint density at radius 3 is 2.64 bits per heavy atom. The van der Waals surface area contributed by atoms with Gasteiger partial charge in [-0.05, 0) is 42.7 Å². The average molecular weight is 337 g/mol. The molecule has 25 heavy (non-hydrogen) atoms. The maximum Gasteiger partial charge on any atom is 0.270 e. The van der Waals surface area contributed by atoms with Crippen LogP contribution in [0.2, 0.25) is 0 Å². The van der Waals surface area contributed by atoms with Crippen LogP contribution in [0.4, 0.5) is 15.8 Å². The van der Waals surface area contributed by atoms with Crippen molar-refractivity contribution in [3.8, 4) is 6.07 Å². The van der Waals surface area contributed by atoms with E-state index in [0.717, 1.165) is 31.6 Å². The molecule has 0 amide bonds. The highest BCUT2D eigenvalue weighted by Crippen LogP contribution is 2.26. The Morgan fingerprint density at radius 1 is 1.24 bits per heavy atom. The van der Waals surface area contributed by atoms with Crippen LogP contribution in [0.5, 0.6) is 0 Å². The minimum absolute atomic E-state index is 0.108. The van der Waals surface area contributed by atoms with Crippen LogP contribution in [-0.4, -0.2) is 18.0 Å². The van der Waals surface area contributed by atoms with Gasteiger partial charge in [0, 0.05) is 36.5 Å². The van der Waals surface area contributed by atoms with Gasteiger partial charge in [-0.15, -0.1) is 0 Å². The first-order valence-corrected chi connectivity index (χ1v) is 7.99. The van der Waals surface area contributed by atoms with E-state index in [1.807, 2.05) is 12.1 Å². The summed E-state index contributed by atoms with van der Waals surface area (Å²) < 4.78 is 14.4. The summed E-state index contributed by atoms with van der Waals surface area (Å²) in [5.74, 6) is -0.414. The van der Waals surface area contributed by atoms with Crippen molar-refractivity contribution in [2.75, 3.05) is 18.0 Å². The number of nitriles is 1. The lowest BCUT2D eigenvalue weighted by atomic mass is 10.0. The van der Waals surface area contributed by atoms with Gasteiger partial charge in [-0.25, -0.2) is 4.39 Å². The molecule has 1 heterocycles. The first-order chi connectivity index (χ1) is 12.1. The molecule has 0 unspecified atom stereocenters. The van der Waals surface area contributed by atoms with Crippen LogP contribution in [0.3, 0.4) is 0 Å². The van der Waals surface area contributed by atoms with Crippen LogP contribution < -0.4 is 4.90 Å². The van der Waals surface area contributed by atoms with Gasteiger partial charge < -0.3 is 4.90 Å². The Hall–Kier alpha value is -3.20. The van der Waals surface area contributed by atoms with Crippen molar-refractivity contribution in [2.45, 2.75) is 12.8 Å². The average Bonchev–Trinajstić information content (AvgIpc) is 3.15. The van der Waals surface area contributed by atoms with E-state index in [9.17, 15) is 19.8 Å². The summed E-state index contributed by atoms with van der Waals surface area (Å²) >= 11 is 0. The summed E-state index contributed by atoms with van der Waals surface area (Å²) in [5, 5.41) is 20.2. The maximum absolute atomic E-state index is 14.4. The molecule has 1 saturated heterocycles. The Balaban J connectivity index is 1.93. The van der Waals surface area contributed by atoms with Crippen molar-refractivity contribution in [3.63, 3.8) is 0 Å². The van der Waals surface area contributed by atoms with Crippen molar-refractivity contribution in [1.82, 2.24) is 0 Å². The van der Waals surface area contributed by atoms with Gasteiger partial charge >= 0.3 is 0 Å². The summed E-state index contributed by atoms with van der Waals surface area (Å²) in [6.45, 7) is 1.84. The number of anilines is 1. The van der Waals surface area contributed by atoms with E-state index in [0.29, 0.717) is 5.56 Å². The molecule has 0 spiro atoms. The molecule has 0 radical (unpaired) electrons. The van der Waals surface area contributed by atoms with Crippen LogP contribution in [0.1, 0.15) is 24.0 Å². The van der Waals surface area contributed by atoms with Crippen molar-refractivity contribution in [3.05, 3.63) is 69.5 Å². The number of nitro groups is 1. The third kappa shape index (κ3) is 3.66. The van der Waals surface area contributed by atoms with E-state index in [-0.39, 0.29) is 16.8 Å². The van der Waals surface area contributed by atoms with Gasteiger partial charge in [0.2, 0.25) is 0 Å². The number of allylic oxidation sites excluding steroid dienone is 1. The van der Waals surface area contributed by atoms with Gasteiger partial charge in [-0.1, -0.05) is 12.1 Å². The van der Waals surface area contributed by atoms with E-state index in [4.69, 9.17) is 0 Å². The van der Waals surface area contributed by atoms with Gasteiger partial charge in [0.15, 0.2) is 0 Å². The summed E-state index contributed by atoms with van der Waals surface area (Å²) in [6, 6.07) is 12.7. The van der Waals surface area contributed by atoms with Crippen molar-refractivity contribution in [2.24, 2.45) is 0 Å². The standard InChI is InChI=1S/C19H16FN3O2/c20-19-12-17(22-8-1-2-9-22)7-6-15(19)10-16(13-21)14-4-3-5-18(11-14)23(24)25/h3-7,10-12H,1-2,8-9H2/b16-10-. The van der Waals surface area contributed by atoms with E-state index in [1.165, 1.54) is 30.3 Å². The number of nitrogens with zero attached hydrogens (tertiary/aromatic N) is 3. The van der Waals surface area contributed by atoms with Gasteiger partial charge in [-0.2, -0.15) is 5.26 Å². The fraction of sp³-hybridized carbons (Fsp3) is 0.211. The monoisotopic (exact) mass is 337 g/mol. The second kappa shape index (κ2) is 7.14. The van der Waals surface area contributed by atoms with Crippen LogP contribution in [0, 0.1) is 27.3 Å². The van der Waals surface area contributed by atoms with Gasteiger partial charge in [0.1, 0.15) is 5.82 Å². The first-order valence-electron chi connectivity index (χ1n) is 7.99. The van der Waals surface area contributed by atoms with Crippen LogP contribution >= 0.6 is 0 Å². The molecule has 1 fully saturated rings. The topological polar surface area (TPSA) is 70.2 Å². The normalized spacial score (nSPS) is 14.4. The van der Waals surface area contributed by atoms with Crippen LogP contribution in [-0.2, 0) is 0 Å². The van der Waals surface area contributed by atoms with Gasteiger partial charge in [0.25, 0.3) is 5.69 Å². The molecule has 0 aromatic heterocycles. The summed E-state index contributed by atoms with van der Waals surface area (Å²) in [4.78, 5) is 12.5. The van der Waals surface area contributed by atoms with Gasteiger partial charge in [-0.3, -0.25) is 10.1 Å². The zero-order chi connectivity index (χ0) is 17.8. The SMILES string of the molecule is N#C/C(=C/c1ccc(N2CCCC2)cc1F)c1cccc([N+](=O)[O-])c1. The highest BCUT2D eigenvalue weighted by Gasteiger charge is 2.14. The molecule has 6 heteroatoms. The molecular weight excluding hydrogens is 321 g/mol. The maximum atomic E-state index is 14.4. The van der Waals surface area contributed by atoms with E-state index < -0.39 is 10.7 Å². The molecular formula is C19H16FN3O2. The van der Waals surface area contributed by atoms with Crippen molar-refractivity contribution in [1.29, 1.82) is 5.26 Å². The molecule has 126 valence electrons. The van der Waals surface area contributed by atoms with Crippen LogP contribution in [0.25, 0.3) is 11.6 Å². The molecule has 0 N–H and O–H groups in total. The number of benzene rings is 2. The highest BCUT2D eigenvalue weighted by atomic mass is 19.1. The van der Waals surface area contributed by atoms with Crippen LogP contribution in [0.15, 0.2) is 42.5 Å². The molecule has 1 aliphatic rings. The number of nitro benzene ring substituents is 1. The van der Waals surface area contributed by atoms with Gasteiger partial charge in [0.05, 0.1) is 16.6 Å². The smallest absolute Gasteiger partial charge is 0.270 e. The number of hydrogen-bond acceptors (Lipinski definition) is 4.